The second-order valence-electron chi connectivity index (χ2n) is 4.09. The fourth-order valence-corrected chi connectivity index (χ4v) is 2.41. The number of halogens is 5. The first-order chi connectivity index (χ1) is 8.20. The maximum atomic E-state index is 13.2. The maximum Gasteiger partial charge on any atom is 0.258 e. The highest BCUT2D eigenvalue weighted by atomic mass is 35.5. The predicted octanol–water partition coefficient (Wildman–Crippen LogP) is 3.40. The Morgan fingerprint density at radius 3 is 2.21 bits per heavy atom. The van der Waals surface area contributed by atoms with E-state index in [9.17, 15) is 8.78 Å². The molecule has 1 N–H and O–H groups in total. The molecule has 2 rings (SSSR count). The normalized spacial score (nSPS) is 17.5. The minimum Gasteiger partial charge on any atom is -0.314 e. The number of rotatable bonds is 3. The monoisotopic (exact) mass is 332 g/mol. The summed E-state index contributed by atoms with van der Waals surface area (Å²) in [5.41, 5.74) is 0.520. The summed E-state index contributed by atoms with van der Waals surface area (Å²) in [6.07, 6.45) is -2.42. The molecule has 1 aromatic rings. The number of nitrogens with one attached hydrogen (secondary N) is 1. The average molecular weight is 334 g/mol. The average Bonchev–Trinajstić information content (AvgIpc) is 2.33. The molecule has 0 unspecified atom stereocenters. The van der Waals surface area contributed by atoms with Gasteiger partial charge in [0.25, 0.3) is 6.43 Å². The Kier molecular flexibility index (Phi) is 8.86. The molecule has 0 aromatic heterocycles. The molecule has 2 nitrogen and oxygen atoms in total. The van der Waals surface area contributed by atoms with Crippen LogP contribution in [0.25, 0.3) is 0 Å². The van der Waals surface area contributed by atoms with E-state index < -0.39 is 12.5 Å². The van der Waals surface area contributed by atoms with Gasteiger partial charge in [-0.2, -0.15) is 0 Å². The topological polar surface area (TPSA) is 15.3 Å². The molecule has 1 fully saturated rings. The van der Waals surface area contributed by atoms with E-state index >= 15 is 0 Å². The van der Waals surface area contributed by atoms with E-state index in [4.69, 9.17) is 11.6 Å². The van der Waals surface area contributed by atoms with Gasteiger partial charge in [0.2, 0.25) is 0 Å². The molecule has 1 saturated heterocycles. The zero-order chi connectivity index (χ0) is 12.3. The molecule has 1 aliphatic rings. The molecule has 1 atom stereocenters. The van der Waals surface area contributed by atoms with E-state index in [1.54, 1.807) is 29.2 Å². The van der Waals surface area contributed by atoms with Crippen molar-refractivity contribution in [3.63, 3.8) is 0 Å². The first-order valence-electron chi connectivity index (χ1n) is 5.67. The Bertz CT molecular complexity index is 374. The highest BCUT2D eigenvalue weighted by molar-refractivity contribution is 6.31. The van der Waals surface area contributed by atoms with Crippen molar-refractivity contribution < 1.29 is 8.78 Å². The van der Waals surface area contributed by atoms with Gasteiger partial charge in [-0.05, 0) is 11.6 Å². The molecule has 7 heteroatoms. The fourth-order valence-electron chi connectivity index (χ4n) is 2.17. The van der Waals surface area contributed by atoms with Crippen molar-refractivity contribution in [1.82, 2.24) is 10.2 Å². The van der Waals surface area contributed by atoms with Gasteiger partial charge in [-0.1, -0.05) is 29.8 Å². The number of hydrogen-bond acceptors (Lipinski definition) is 2. The summed E-state index contributed by atoms with van der Waals surface area (Å²) in [5, 5.41) is 3.57. The summed E-state index contributed by atoms with van der Waals surface area (Å²) in [5.74, 6) is 0. The minimum absolute atomic E-state index is 0. The molecule has 1 aromatic carbocycles. The van der Waals surface area contributed by atoms with Crippen molar-refractivity contribution in [2.45, 2.75) is 12.5 Å². The number of nitrogens with zero attached hydrogens (tertiary/aromatic N) is 1. The standard InChI is InChI=1S/C12H15ClF2N2.2ClH/c13-10-4-2-1-3-9(10)11(12(14)15)17-7-5-16-6-8-17;;/h1-4,11-12,16H,5-8H2;2*1H/t11-;;/m1../s1. The highest BCUT2D eigenvalue weighted by Gasteiger charge is 2.31. The Balaban J connectivity index is 0.00000162. The molecule has 0 spiro atoms. The summed E-state index contributed by atoms with van der Waals surface area (Å²) in [4.78, 5) is 1.79. The van der Waals surface area contributed by atoms with Crippen molar-refractivity contribution >= 4 is 36.4 Å². The lowest BCUT2D eigenvalue weighted by Gasteiger charge is -2.35. The van der Waals surface area contributed by atoms with E-state index in [1.165, 1.54) is 0 Å². The van der Waals surface area contributed by atoms with Crippen molar-refractivity contribution in [3.05, 3.63) is 34.9 Å². The van der Waals surface area contributed by atoms with Crippen LogP contribution in [0.3, 0.4) is 0 Å². The SMILES string of the molecule is Cl.Cl.FC(F)[C@@H](c1ccccc1Cl)N1CCNCC1. The second kappa shape index (κ2) is 8.93. The Morgan fingerprint density at radius 1 is 1.11 bits per heavy atom. The van der Waals surface area contributed by atoms with Crippen LogP contribution in [-0.4, -0.2) is 37.5 Å². The van der Waals surface area contributed by atoms with Gasteiger partial charge < -0.3 is 5.32 Å². The van der Waals surface area contributed by atoms with Crippen LogP contribution < -0.4 is 5.32 Å². The van der Waals surface area contributed by atoms with Gasteiger partial charge in [0.1, 0.15) is 0 Å². The number of hydrogen-bond donors (Lipinski definition) is 1. The summed E-state index contributed by atoms with van der Waals surface area (Å²) in [6.45, 7) is 2.74. The van der Waals surface area contributed by atoms with Crippen LogP contribution in [0.2, 0.25) is 5.02 Å². The highest BCUT2D eigenvalue weighted by Crippen LogP contribution is 2.32. The molecule has 19 heavy (non-hydrogen) atoms. The Labute approximate surface area is 129 Å². The molecule has 0 amide bonds. The third-order valence-corrected chi connectivity index (χ3v) is 3.35. The number of alkyl halides is 2. The molecule has 110 valence electrons. The van der Waals surface area contributed by atoms with Gasteiger partial charge in [0.05, 0.1) is 6.04 Å². The molecular weight excluding hydrogens is 317 g/mol. The summed E-state index contributed by atoms with van der Waals surface area (Å²) in [7, 11) is 0. The largest absolute Gasteiger partial charge is 0.314 e. The van der Waals surface area contributed by atoms with Gasteiger partial charge in [-0.25, -0.2) is 8.78 Å². The van der Waals surface area contributed by atoms with Crippen LogP contribution >= 0.6 is 36.4 Å². The smallest absolute Gasteiger partial charge is 0.258 e. The van der Waals surface area contributed by atoms with Gasteiger partial charge in [0, 0.05) is 31.2 Å². The third kappa shape index (κ3) is 4.72. The van der Waals surface area contributed by atoms with Crippen LogP contribution in [0.4, 0.5) is 8.78 Å². The molecular formula is C12H17Cl3F2N2. The van der Waals surface area contributed by atoms with E-state index in [-0.39, 0.29) is 24.8 Å². The lowest BCUT2D eigenvalue weighted by Crippen LogP contribution is -2.47. The van der Waals surface area contributed by atoms with Crippen LogP contribution in [0.5, 0.6) is 0 Å². The third-order valence-electron chi connectivity index (χ3n) is 3.01. The minimum atomic E-state index is -2.42. The van der Waals surface area contributed by atoms with Crippen molar-refractivity contribution in [1.29, 1.82) is 0 Å². The summed E-state index contributed by atoms with van der Waals surface area (Å²) >= 11 is 6.01. The van der Waals surface area contributed by atoms with Crippen LogP contribution in [0, 0.1) is 0 Å². The van der Waals surface area contributed by atoms with Gasteiger partial charge in [-0.15, -0.1) is 24.8 Å². The predicted molar refractivity (Wildman–Crippen MR) is 79.1 cm³/mol. The molecule has 1 heterocycles. The Hall–Kier alpha value is -0.130. The number of benzene rings is 1. The molecule has 0 saturated carbocycles. The van der Waals surface area contributed by atoms with Crippen molar-refractivity contribution in [2.24, 2.45) is 0 Å². The second-order valence-corrected chi connectivity index (χ2v) is 4.49. The zero-order valence-electron chi connectivity index (χ0n) is 10.2. The van der Waals surface area contributed by atoms with Crippen LogP contribution in [0.1, 0.15) is 11.6 Å². The van der Waals surface area contributed by atoms with Crippen LogP contribution in [0.15, 0.2) is 24.3 Å². The van der Waals surface area contributed by atoms with Gasteiger partial charge in [-0.3, -0.25) is 4.90 Å². The fraction of sp³-hybridized carbons (Fsp3) is 0.500. The Morgan fingerprint density at radius 2 is 1.68 bits per heavy atom. The van der Waals surface area contributed by atoms with Crippen LogP contribution in [-0.2, 0) is 0 Å². The lowest BCUT2D eigenvalue weighted by molar-refractivity contribution is 0.0182. The van der Waals surface area contributed by atoms with E-state index in [2.05, 4.69) is 5.32 Å². The van der Waals surface area contributed by atoms with E-state index in [1.807, 2.05) is 0 Å². The lowest BCUT2D eigenvalue weighted by atomic mass is 10.0. The zero-order valence-corrected chi connectivity index (χ0v) is 12.6. The molecule has 0 radical (unpaired) electrons. The number of piperazine rings is 1. The maximum absolute atomic E-state index is 13.2. The first-order valence-corrected chi connectivity index (χ1v) is 6.05. The molecule has 0 bridgehead atoms. The summed E-state index contributed by atoms with van der Waals surface area (Å²) < 4.78 is 26.5. The first kappa shape index (κ1) is 18.9. The van der Waals surface area contributed by atoms with E-state index in [0.29, 0.717) is 23.7 Å². The van der Waals surface area contributed by atoms with Gasteiger partial charge in [0.15, 0.2) is 0 Å². The van der Waals surface area contributed by atoms with E-state index in [0.717, 1.165) is 13.1 Å². The summed E-state index contributed by atoms with van der Waals surface area (Å²) in [6, 6.07) is 5.95. The van der Waals surface area contributed by atoms with Crippen molar-refractivity contribution in [3.8, 4) is 0 Å². The molecule has 1 aliphatic heterocycles. The van der Waals surface area contributed by atoms with Gasteiger partial charge >= 0.3 is 0 Å². The molecule has 0 aliphatic carbocycles. The van der Waals surface area contributed by atoms with Crippen molar-refractivity contribution in [2.75, 3.05) is 26.2 Å². The quantitative estimate of drug-likeness (QED) is 0.912.